The van der Waals surface area contributed by atoms with Gasteiger partial charge in [-0.15, -0.1) is 0 Å². The van der Waals surface area contributed by atoms with Gasteiger partial charge in [0, 0.05) is 38.9 Å². The van der Waals surface area contributed by atoms with Crippen LogP contribution in [0.5, 0.6) is 0 Å². The molecule has 4 amide bonds. The Morgan fingerprint density at radius 3 is 1.37 bits per heavy atom. The first-order valence-corrected chi connectivity index (χ1v) is 23.0. The van der Waals surface area contributed by atoms with Gasteiger partial charge < -0.3 is 50.4 Å². The van der Waals surface area contributed by atoms with Crippen molar-refractivity contribution in [1.82, 2.24) is 21.3 Å². The molecule has 0 radical (unpaired) electrons. The van der Waals surface area contributed by atoms with Gasteiger partial charge in [0.05, 0.1) is 39.6 Å². The zero-order chi connectivity index (χ0) is 45.3. The van der Waals surface area contributed by atoms with Crippen LogP contribution in [-0.2, 0) is 60.7 Å². The first-order chi connectivity index (χ1) is 30.1. The van der Waals surface area contributed by atoms with E-state index < -0.39 is 18.0 Å². The Labute approximate surface area is 369 Å². The lowest BCUT2D eigenvalue weighted by Gasteiger charge is -2.14. The van der Waals surface area contributed by atoms with Gasteiger partial charge in [0.15, 0.2) is 0 Å². The summed E-state index contributed by atoms with van der Waals surface area (Å²) in [6.45, 7) is 4.25. The van der Waals surface area contributed by atoms with E-state index in [1.165, 1.54) is 63.4 Å². The number of carbonyl (C=O) groups excluding carboxylic acids is 4. The molecular formula is C46H78N4O12. The van der Waals surface area contributed by atoms with Crippen molar-refractivity contribution < 1.29 is 57.9 Å². The van der Waals surface area contributed by atoms with Crippen LogP contribution in [0.1, 0.15) is 146 Å². The second-order valence-electron chi connectivity index (χ2n) is 15.5. The quantitative estimate of drug-likeness (QED) is 0.0440. The summed E-state index contributed by atoms with van der Waals surface area (Å²) in [5.41, 5.74) is 2.27. The average Bonchev–Trinajstić information content (AvgIpc) is 3.25. The largest absolute Gasteiger partial charge is 0.481 e. The molecule has 62 heavy (non-hydrogen) atoms. The normalized spacial score (nSPS) is 11.5. The molecule has 1 rings (SSSR count). The fraction of sp³-hybridized carbons (Fsp3) is 0.739. The maximum Gasteiger partial charge on any atom is 0.326 e. The van der Waals surface area contributed by atoms with Gasteiger partial charge in [0.2, 0.25) is 23.6 Å². The van der Waals surface area contributed by atoms with Crippen LogP contribution in [0.4, 0.5) is 0 Å². The Hall–Kier alpha value is -4.12. The molecule has 354 valence electrons. The van der Waals surface area contributed by atoms with E-state index in [2.05, 4.69) is 28.2 Å². The Bertz CT molecular complexity index is 1350. The van der Waals surface area contributed by atoms with Crippen molar-refractivity contribution >= 4 is 35.6 Å². The van der Waals surface area contributed by atoms with Crippen molar-refractivity contribution in [3.63, 3.8) is 0 Å². The zero-order valence-corrected chi connectivity index (χ0v) is 37.5. The van der Waals surface area contributed by atoms with E-state index in [-0.39, 0.29) is 109 Å². The van der Waals surface area contributed by atoms with Crippen LogP contribution < -0.4 is 21.3 Å². The Balaban J connectivity index is 1.90. The summed E-state index contributed by atoms with van der Waals surface area (Å²) in [5, 5.41) is 28.9. The van der Waals surface area contributed by atoms with Gasteiger partial charge in [0.25, 0.3) is 0 Å². The number of benzene rings is 1. The number of unbranched alkanes of at least 4 members (excludes halogenated alkanes) is 15. The van der Waals surface area contributed by atoms with Crippen LogP contribution in [0, 0.1) is 0 Å². The van der Waals surface area contributed by atoms with Gasteiger partial charge >= 0.3 is 11.9 Å². The third kappa shape index (κ3) is 35.5. The number of hydrogen-bond acceptors (Lipinski definition) is 10. The van der Waals surface area contributed by atoms with Crippen LogP contribution in [0.15, 0.2) is 24.3 Å². The number of carboxylic acid groups (broad SMARTS) is 2. The second kappa shape index (κ2) is 39.7. The molecule has 0 aromatic heterocycles. The number of aliphatic carboxylic acids is 2. The Morgan fingerprint density at radius 1 is 0.484 bits per heavy atom. The molecule has 1 aromatic rings. The maximum atomic E-state index is 12.3. The molecule has 0 aliphatic heterocycles. The van der Waals surface area contributed by atoms with Crippen molar-refractivity contribution in [2.45, 2.75) is 154 Å². The SMILES string of the molecule is CCc1ccc(CNC(=O)COCCOCCNC(=O)COCCOCCNC(=O)CCC(NC(=O)CCCCCCCCCCCCCCCCCCC(=O)O)C(=O)O)cc1. The van der Waals surface area contributed by atoms with Crippen molar-refractivity contribution in [2.24, 2.45) is 0 Å². The molecule has 0 bridgehead atoms. The molecule has 0 saturated heterocycles. The van der Waals surface area contributed by atoms with Gasteiger partial charge in [-0.3, -0.25) is 24.0 Å². The molecule has 0 aliphatic carbocycles. The smallest absolute Gasteiger partial charge is 0.326 e. The van der Waals surface area contributed by atoms with Gasteiger partial charge in [-0.2, -0.15) is 0 Å². The minimum Gasteiger partial charge on any atom is -0.481 e. The topological polar surface area (TPSA) is 228 Å². The molecule has 1 atom stereocenters. The fourth-order valence-electron chi connectivity index (χ4n) is 6.41. The summed E-state index contributed by atoms with van der Waals surface area (Å²) < 4.78 is 21.4. The molecule has 1 aromatic carbocycles. The van der Waals surface area contributed by atoms with E-state index in [4.69, 9.17) is 24.1 Å². The van der Waals surface area contributed by atoms with E-state index in [0.717, 1.165) is 50.5 Å². The molecule has 0 aliphatic rings. The highest BCUT2D eigenvalue weighted by atomic mass is 16.5. The lowest BCUT2D eigenvalue weighted by Crippen LogP contribution is -2.41. The molecular weight excluding hydrogens is 801 g/mol. The third-order valence-corrected chi connectivity index (χ3v) is 10.1. The number of amides is 4. The molecule has 6 N–H and O–H groups in total. The molecule has 0 saturated carbocycles. The van der Waals surface area contributed by atoms with E-state index in [1.54, 1.807) is 0 Å². The van der Waals surface area contributed by atoms with Gasteiger partial charge in [0.1, 0.15) is 19.3 Å². The van der Waals surface area contributed by atoms with E-state index in [9.17, 15) is 33.9 Å². The number of rotatable bonds is 43. The summed E-state index contributed by atoms with van der Waals surface area (Å²) in [6.07, 6.45) is 19.3. The lowest BCUT2D eigenvalue weighted by atomic mass is 10.0. The summed E-state index contributed by atoms with van der Waals surface area (Å²) in [6, 6.07) is 6.95. The lowest BCUT2D eigenvalue weighted by molar-refractivity contribution is -0.142. The Kier molecular flexibility index (Phi) is 35.8. The summed E-state index contributed by atoms with van der Waals surface area (Å²) in [4.78, 5) is 70.6. The third-order valence-electron chi connectivity index (χ3n) is 10.1. The second-order valence-corrected chi connectivity index (χ2v) is 15.5. The van der Waals surface area contributed by atoms with Crippen LogP contribution in [0.2, 0.25) is 0 Å². The number of nitrogens with one attached hydrogen (secondary N) is 4. The summed E-state index contributed by atoms with van der Waals surface area (Å²) in [7, 11) is 0. The standard InChI is InChI=1S/C46H78N4O12/c1-2-38-21-23-39(24-22-38)35-49-44(54)37-62-34-32-60-30-28-48-43(53)36-61-33-31-59-29-27-47-41(51)26-25-40(46(57)58)50-42(52)19-17-15-13-11-9-7-5-3-4-6-8-10-12-14-16-18-20-45(55)56/h21-24,40H,2-20,25-37H2,1H3,(H,47,51)(H,48,53)(H,49,54)(H,50,52)(H,55,56)(H,57,58). The van der Waals surface area contributed by atoms with E-state index in [1.807, 2.05) is 24.3 Å². The van der Waals surface area contributed by atoms with Gasteiger partial charge in [-0.05, 0) is 36.8 Å². The Morgan fingerprint density at radius 2 is 0.903 bits per heavy atom. The summed E-state index contributed by atoms with van der Waals surface area (Å²) >= 11 is 0. The number of carboxylic acids is 2. The molecule has 16 nitrogen and oxygen atoms in total. The monoisotopic (exact) mass is 879 g/mol. The predicted molar refractivity (Wildman–Crippen MR) is 237 cm³/mol. The minimum atomic E-state index is -1.17. The highest BCUT2D eigenvalue weighted by molar-refractivity contribution is 5.84. The van der Waals surface area contributed by atoms with Gasteiger partial charge in [-0.1, -0.05) is 121 Å². The number of carbonyl (C=O) groups is 6. The zero-order valence-electron chi connectivity index (χ0n) is 37.5. The predicted octanol–water partition coefficient (Wildman–Crippen LogP) is 5.62. The van der Waals surface area contributed by atoms with Crippen molar-refractivity contribution in [1.29, 1.82) is 0 Å². The summed E-state index contributed by atoms with van der Waals surface area (Å²) in [5.74, 6) is -3.05. The van der Waals surface area contributed by atoms with E-state index >= 15 is 0 Å². The average molecular weight is 879 g/mol. The molecule has 1 unspecified atom stereocenters. The van der Waals surface area contributed by atoms with E-state index in [0.29, 0.717) is 19.5 Å². The number of ether oxygens (including phenoxy) is 4. The van der Waals surface area contributed by atoms with Crippen LogP contribution in [0.3, 0.4) is 0 Å². The number of aryl methyl sites for hydroxylation is 1. The van der Waals surface area contributed by atoms with Crippen molar-refractivity contribution in [3.05, 3.63) is 35.4 Å². The maximum absolute atomic E-state index is 12.3. The molecule has 0 heterocycles. The van der Waals surface area contributed by atoms with Gasteiger partial charge in [-0.25, -0.2) is 4.79 Å². The number of hydrogen-bond donors (Lipinski definition) is 6. The molecule has 16 heteroatoms. The van der Waals surface area contributed by atoms with Crippen LogP contribution >= 0.6 is 0 Å². The molecule has 0 fully saturated rings. The van der Waals surface area contributed by atoms with Crippen molar-refractivity contribution in [2.75, 3.05) is 65.9 Å². The minimum absolute atomic E-state index is 0.0176. The highest BCUT2D eigenvalue weighted by Crippen LogP contribution is 2.14. The van der Waals surface area contributed by atoms with Crippen molar-refractivity contribution in [3.8, 4) is 0 Å². The first kappa shape index (κ1) is 55.9. The van der Waals surface area contributed by atoms with Crippen LogP contribution in [-0.4, -0.2) is 118 Å². The van der Waals surface area contributed by atoms with Crippen LogP contribution in [0.25, 0.3) is 0 Å². The first-order valence-electron chi connectivity index (χ1n) is 23.0. The molecule has 0 spiro atoms. The highest BCUT2D eigenvalue weighted by Gasteiger charge is 2.20. The fourth-order valence-corrected chi connectivity index (χ4v) is 6.41.